The van der Waals surface area contributed by atoms with E-state index in [1.165, 1.54) is 18.3 Å². The van der Waals surface area contributed by atoms with Crippen molar-refractivity contribution in [2.75, 3.05) is 10.6 Å². The number of aromatic nitrogens is 3. The monoisotopic (exact) mass is 379 g/mol. The van der Waals surface area contributed by atoms with Crippen LogP contribution < -0.4 is 10.6 Å². The lowest BCUT2D eigenvalue weighted by Crippen LogP contribution is -2.07. The van der Waals surface area contributed by atoms with Gasteiger partial charge in [0.15, 0.2) is 5.82 Å². The quantitative estimate of drug-likeness (QED) is 0.660. The van der Waals surface area contributed by atoms with Gasteiger partial charge in [0.1, 0.15) is 0 Å². The summed E-state index contributed by atoms with van der Waals surface area (Å²) in [6.07, 6.45) is -3.00. The minimum atomic E-state index is -4.37. The molecule has 0 spiro atoms. The van der Waals surface area contributed by atoms with Crippen molar-refractivity contribution in [3.05, 3.63) is 70.9 Å². The summed E-state index contributed by atoms with van der Waals surface area (Å²) >= 11 is 6.08. The lowest BCUT2D eigenvalue weighted by atomic mass is 10.2. The third-order valence-electron chi connectivity index (χ3n) is 3.44. The van der Waals surface area contributed by atoms with E-state index < -0.39 is 11.7 Å². The van der Waals surface area contributed by atoms with Crippen LogP contribution >= 0.6 is 11.6 Å². The highest BCUT2D eigenvalue weighted by Crippen LogP contribution is 2.30. The van der Waals surface area contributed by atoms with Crippen molar-refractivity contribution in [3.63, 3.8) is 0 Å². The Morgan fingerprint density at radius 3 is 2.42 bits per heavy atom. The van der Waals surface area contributed by atoms with Gasteiger partial charge in [-0.3, -0.25) is 0 Å². The molecule has 0 bridgehead atoms. The van der Waals surface area contributed by atoms with E-state index in [1.54, 1.807) is 6.07 Å². The number of anilines is 3. The maximum absolute atomic E-state index is 12.6. The van der Waals surface area contributed by atoms with Gasteiger partial charge in [0, 0.05) is 17.3 Å². The third kappa shape index (κ3) is 4.60. The molecule has 1 heterocycles. The van der Waals surface area contributed by atoms with E-state index in [0.29, 0.717) is 23.1 Å². The van der Waals surface area contributed by atoms with Crippen LogP contribution in [-0.4, -0.2) is 15.2 Å². The Kier molecular flexibility index (Phi) is 5.22. The molecular formula is C17H13ClF3N5. The van der Waals surface area contributed by atoms with Crippen molar-refractivity contribution in [1.82, 2.24) is 15.2 Å². The number of nitrogens with zero attached hydrogens (tertiary/aromatic N) is 3. The van der Waals surface area contributed by atoms with Gasteiger partial charge in [0.25, 0.3) is 0 Å². The van der Waals surface area contributed by atoms with Gasteiger partial charge in [-0.05, 0) is 35.9 Å². The van der Waals surface area contributed by atoms with Crippen molar-refractivity contribution in [2.45, 2.75) is 12.7 Å². The van der Waals surface area contributed by atoms with Crippen LogP contribution in [0.1, 0.15) is 11.1 Å². The number of alkyl halides is 3. The fraction of sp³-hybridized carbons (Fsp3) is 0.118. The van der Waals surface area contributed by atoms with E-state index in [4.69, 9.17) is 11.6 Å². The number of nitrogens with one attached hydrogen (secondary N) is 2. The summed E-state index contributed by atoms with van der Waals surface area (Å²) in [5.74, 6) is 0.614. The molecule has 134 valence electrons. The van der Waals surface area contributed by atoms with E-state index in [9.17, 15) is 13.2 Å². The fourth-order valence-corrected chi connectivity index (χ4v) is 2.35. The minimum absolute atomic E-state index is 0.266. The predicted octanol–water partition coefficient (Wildman–Crippen LogP) is 4.90. The lowest BCUT2D eigenvalue weighted by molar-refractivity contribution is -0.137. The molecule has 0 amide bonds. The number of hydrogen-bond donors (Lipinski definition) is 2. The summed E-state index contributed by atoms with van der Waals surface area (Å²) in [4.78, 5) is 4.22. The average Bonchev–Trinajstić information content (AvgIpc) is 2.61. The molecule has 9 heteroatoms. The van der Waals surface area contributed by atoms with Crippen LogP contribution in [0.4, 0.5) is 30.6 Å². The molecule has 1 aromatic heterocycles. The topological polar surface area (TPSA) is 62.7 Å². The summed E-state index contributed by atoms with van der Waals surface area (Å²) in [6.45, 7) is 0.408. The van der Waals surface area contributed by atoms with Gasteiger partial charge in [0.05, 0.1) is 11.8 Å². The Balaban J connectivity index is 1.66. The largest absolute Gasteiger partial charge is 0.416 e. The van der Waals surface area contributed by atoms with Crippen LogP contribution in [0.5, 0.6) is 0 Å². The molecule has 26 heavy (non-hydrogen) atoms. The van der Waals surface area contributed by atoms with Crippen molar-refractivity contribution in [2.24, 2.45) is 0 Å². The minimum Gasteiger partial charge on any atom is -0.349 e. The van der Waals surface area contributed by atoms with Crippen LogP contribution in [0.15, 0.2) is 54.7 Å². The van der Waals surface area contributed by atoms with E-state index in [1.807, 2.05) is 18.2 Å². The second-order valence-electron chi connectivity index (χ2n) is 5.31. The van der Waals surface area contributed by atoms with Crippen LogP contribution in [0.3, 0.4) is 0 Å². The highest BCUT2D eigenvalue weighted by molar-refractivity contribution is 6.31. The number of hydrogen-bond acceptors (Lipinski definition) is 5. The van der Waals surface area contributed by atoms with E-state index in [0.717, 1.165) is 17.7 Å². The van der Waals surface area contributed by atoms with Gasteiger partial charge in [-0.2, -0.15) is 23.3 Å². The van der Waals surface area contributed by atoms with Gasteiger partial charge >= 0.3 is 6.18 Å². The first-order valence-corrected chi connectivity index (χ1v) is 7.91. The first-order chi connectivity index (χ1) is 12.4. The van der Waals surface area contributed by atoms with E-state index >= 15 is 0 Å². The molecule has 2 aromatic carbocycles. The summed E-state index contributed by atoms with van der Waals surface area (Å²) in [7, 11) is 0. The Morgan fingerprint density at radius 1 is 1.00 bits per heavy atom. The molecule has 3 aromatic rings. The molecule has 0 atom stereocenters. The first-order valence-electron chi connectivity index (χ1n) is 7.53. The molecule has 0 fully saturated rings. The lowest BCUT2D eigenvalue weighted by Gasteiger charge is -2.10. The first kappa shape index (κ1) is 17.9. The second kappa shape index (κ2) is 7.57. The van der Waals surface area contributed by atoms with Crippen molar-refractivity contribution < 1.29 is 13.2 Å². The molecule has 0 saturated carbocycles. The van der Waals surface area contributed by atoms with E-state index in [2.05, 4.69) is 25.8 Å². The molecule has 0 unspecified atom stereocenters. The molecule has 2 N–H and O–H groups in total. The van der Waals surface area contributed by atoms with Gasteiger partial charge in [-0.15, -0.1) is 5.10 Å². The van der Waals surface area contributed by atoms with Gasteiger partial charge < -0.3 is 10.6 Å². The Hall–Kier alpha value is -2.87. The molecule has 0 radical (unpaired) electrons. The van der Waals surface area contributed by atoms with Crippen LogP contribution in [-0.2, 0) is 12.7 Å². The standard InChI is InChI=1S/C17H13ClF3N5/c18-14-4-2-1-3-11(14)9-22-16-25-15(10-23-26-16)24-13-7-5-12(6-8-13)17(19,20)21/h1-8,10H,9H2,(H2,22,24,25,26). The zero-order valence-corrected chi connectivity index (χ0v) is 14.0. The molecule has 5 nitrogen and oxygen atoms in total. The van der Waals surface area contributed by atoms with Crippen molar-refractivity contribution >= 4 is 29.1 Å². The summed E-state index contributed by atoms with van der Waals surface area (Å²) in [6, 6.07) is 12.0. The Bertz CT molecular complexity index is 884. The summed E-state index contributed by atoms with van der Waals surface area (Å²) in [5, 5.41) is 14.2. The average molecular weight is 380 g/mol. The SMILES string of the molecule is FC(F)(F)c1ccc(Nc2cnnc(NCc3ccccc3Cl)n2)cc1. The predicted molar refractivity (Wildman–Crippen MR) is 93.3 cm³/mol. The molecule has 3 rings (SSSR count). The zero-order chi connectivity index (χ0) is 18.6. The maximum atomic E-state index is 12.6. The number of rotatable bonds is 5. The molecular weight excluding hydrogens is 367 g/mol. The number of halogens is 4. The summed E-state index contributed by atoms with van der Waals surface area (Å²) in [5.41, 5.74) is 0.611. The third-order valence-corrected chi connectivity index (χ3v) is 3.81. The maximum Gasteiger partial charge on any atom is 0.416 e. The molecule has 0 aliphatic carbocycles. The molecule has 0 saturated heterocycles. The zero-order valence-electron chi connectivity index (χ0n) is 13.3. The molecule has 0 aliphatic heterocycles. The van der Waals surface area contributed by atoms with Crippen LogP contribution in [0.25, 0.3) is 0 Å². The van der Waals surface area contributed by atoms with Gasteiger partial charge in [-0.1, -0.05) is 29.8 Å². The Labute approximate surface area is 152 Å². The normalized spacial score (nSPS) is 11.2. The van der Waals surface area contributed by atoms with Crippen molar-refractivity contribution in [3.8, 4) is 0 Å². The highest BCUT2D eigenvalue weighted by atomic mass is 35.5. The fourth-order valence-electron chi connectivity index (χ4n) is 2.15. The highest BCUT2D eigenvalue weighted by Gasteiger charge is 2.29. The Morgan fingerprint density at radius 2 is 1.73 bits per heavy atom. The van der Waals surface area contributed by atoms with Crippen LogP contribution in [0.2, 0.25) is 5.02 Å². The smallest absolute Gasteiger partial charge is 0.349 e. The van der Waals surface area contributed by atoms with Crippen molar-refractivity contribution in [1.29, 1.82) is 0 Å². The van der Waals surface area contributed by atoms with Gasteiger partial charge in [-0.25, -0.2) is 0 Å². The second-order valence-corrected chi connectivity index (χ2v) is 5.72. The van der Waals surface area contributed by atoms with Crippen LogP contribution in [0, 0.1) is 0 Å². The van der Waals surface area contributed by atoms with Gasteiger partial charge in [0.2, 0.25) is 5.95 Å². The van der Waals surface area contributed by atoms with E-state index in [-0.39, 0.29) is 5.95 Å². The number of benzene rings is 2. The summed E-state index contributed by atoms with van der Waals surface area (Å²) < 4.78 is 37.8. The molecule has 0 aliphatic rings.